The van der Waals surface area contributed by atoms with Crippen LogP contribution >= 0.6 is 11.3 Å². The number of para-hydroxylation sites is 2. The van der Waals surface area contributed by atoms with Crippen LogP contribution in [-0.4, -0.2) is 5.21 Å². The molecule has 1 aromatic heterocycles. The van der Waals surface area contributed by atoms with E-state index in [1.54, 1.807) is 11.3 Å². The summed E-state index contributed by atoms with van der Waals surface area (Å²) in [6.45, 7) is 8.26. The second-order valence-electron chi connectivity index (χ2n) is 9.83. The molecule has 37 heavy (non-hydrogen) atoms. The van der Waals surface area contributed by atoms with E-state index in [2.05, 4.69) is 128 Å². The predicted octanol–water partition coefficient (Wildman–Crippen LogP) is 9.55. The van der Waals surface area contributed by atoms with E-state index in [1.165, 1.54) is 20.4 Å². The molecule has 0 spiro atoms. The first-order valence-corrected chi connectivity index (χ1v) is 13.2. The van der Waals surface area contributed by atoms with Crippen LogP contribution in [0, 0.1) is 0 Å². The van der Waals surface area contributed by atoms with Crippen molar-refractivity contribution in [1.29, 1.82) is 0 Å². The lowest BCUT2D eigenvalue weighted by Crippen LogP contribution is -2.21. The van der Waals surface area contributed by atoms with E-state index in [0.717, 1.165) is 33.9 Å². The number of benzene rings is 4. The maximum atomic E-state index is 10.6. The standard InChI is InChI=1S/C33H28N2OS/c1-23-33(2,3)29-19-16-25(22-30(29)35(23)36)32-21-20-31(37-32)24-14-17-28(18-15-24)34(26-10-6-4-7-11-26)27-12-8-5-9-13-27/h4-22,36H,1H2,2-3H3. The van der Waals surface area contributed by atoms with Gasteiger partial charge in [0.15, 0.2) is 0 Å². The Morgan fingerprint density at radius 2 is 1.19 bits per heavy atom. The van der Waals surface area contributed by atoms with Crippen LogP contribution in [0.2, 0.25) is 0 Å². The van der Waals surface area contributed by atoms with Crippen LogP contribution in [0.4, 0.5) is 22.7 Å². The first-order valence-electron chi connectivity index (χ1n) is 12.4. The van der Waals surface area contributed by atoms with Crippen molar-refractivity contribution in [3.63, 3.8) is 0 Å². The zero-order valence-electron chi connectivity index (χ0n) is 20.9. The fourth-order valence-corrected chi connectivity index (χ4v) is 5.99. The van der Waals surface area contributed by atoms with Gasteiger partial charge in [-0.05, 0) is 71.3 Å². The maximum absolute atomic E-state index is 10.6. The minimum Gasteiger partial charge on any atom is -0.311 e. The molecule has 0 atom stereocenters. The molecule has 0 unspecified atom stereocenters. The highest BCUT2D eigenvalue weighted by atomic mass is 32.1. The van der Waals surface area contributed by atoms with Gasteiger partial charge >= 0.3 is 0 Å². The molecule has 0 saturated heterocycles. The fourth-order valence-electron chi connectivity index (χ4n) is 4.98. The van der Waals surface area contributed by atoms with Crippen LogP contribution < -0.4 is 9.96 Å². The quantitative estimate of drug-likeness (QED) is 0.260. The van der Waals surface area contributed by atoms with Crippen molar-refractivity contribution in [1.82, 2.24) is 0 Å². The molecule has 0 fully saturated rings. The lowest BCUT2D eigenvalue weighted by Gasteiger charge is -2.25. The third-order valence-electron chi connectivity index (χ3n) is 7.21. The van der Waals surface area contributed by atoms with Gasteiger partial charge in [0, 0.05) is 37.9 Å². The molecule has 182 valence electrons. The van der Waals surface area contributed by atoms with Crippen molar-refractivity contribution in [2.24, 2.45) is 0 Å². The van der Waals surface area contributed by atoms with E-state index >= 15 is 0 Å². The van der Waals surface area contributed by atoms with Crippen LogP contribution in [0.15, 0.2) is 128 Å². The molecule has 0 radical (unpaired) electrons. The molecule has 0 amide bonds. The molecule has 1 N–H and O–H groups in total. The Hall–Kier alpha value is -4.12. The van der Waals surface area contributed by atoms with Crippen LogP contribution in [0.25, 0.3) is 20.9 Å². The van der Waals surface area contributed by atoms with Crippen molar-refractivity contribution in [2.45, 2.75) is 19.3 Å². The number of thiophene rings is 1. The smallest absolute Gasteiger partial charge is 0.0737 e. The molecule has 0 saturated carbocycles. The topological polar surface area (TPSA) is 26.7 Å². The Bertz CT molecular complexity index is 1530. The highest BCUT2D eigenvalue weighted by molar-refractivity contribution is 7.18. The molecule has 5 aromatic rings. The molecule has 4 aromatic carbocycles. The van der Waals surface area contributed by atoms with Gasteiger partial charge in [0.2, 0.25) is 0 Å². The summed E-state index contributed by atoms with van der Waals surface area (Å²) >= 11 is 1.76. The summed E-state index contributed by atoms with van der Waals surface area (Å²) in [6.07, 6.45) is 0. The van der Waals surface area contributed by atoms with Crippen LogP contribution in [-0.2, 0) is 5.41 Å². The first kappa shape index (κ1) is 23.3. The van der Waals surface area contributed by atoms with Crippen LogP contribution in [0.3, 0.4) is 0 Å². The Balaban J connectivity index is 1.31. The van der Waals surface area contributed by atoms with E-state index in [0.29, 0.717) is 5.70 Å². The summed E-state index contributed by atoms with van der Waals surface area (Å²) in [5.41, 5.74) is 7.97. The molecule has 4 heteroatoms. The van der Waals surface area contributed by atoms with Gasteiger partial charge in [0.25, 0.3) is 0 Å². The Labute approximate surface area is 222 Å². The summed E-state index contributed by atoms with van der Waals surface area (Å²) in [7, 11) is 0. The second kappa shape index (κ2) is 9.07. The fraction of sp³-hybridized carbons (Fsp3) is 0.0909. The van der Waals surface area contributed by atoms with Crippen LogP contribution in [0.1, 0.15) is 19.4 Å². The summed E-state index contributed by atoms with van der Waals surface area (Å²) in [4.78, 5) is 4.64. The lowest BCUT2D eigenvalue weighted by molar-refractivity contribution is 0.279. The van der Waals surface area contributed by atoms with Crippen molar-refractivity contribution in [2.75, 3.05) is 9.96 Å². The second-order valence-corrected chi connectivity index (χ2v) is 10.9. The lowest BCUT2D eigenvalue weighted by atomic mass is 9.84. The highest BCUT2D eigenvalue weighted by Crippen LogP contribution is 2.48. The van der Waals surface area contributed by atoms with E-state index in [9.17, 15) is 5.21 Å². The zero-order chi connectivity index (χ0) is 25.6. The van der Waals surface area contributed by atoms with E-state index < -0.39 is 0 Å². The monoisotopic (exact) mass is 500 g/mol. The van der Waals surface area contributed by atoms with Crippen molar-refractivity contribution in [3.8, 4) is 20.9 Å². The molecule has 1 aliphatic heterocycles. The Morgan fingerprint density at radius 1 is 0.676 bits per heavy atom. The van der Waals surface area contributed by atoms with Gasteiger partial charge in [-0.3, -0.25) is 5.21 Å². The summed E-state index contributed by atoms with van der Waals surface area (Å²) in [5.74, 6) is 0. The SMILES string of the molecule is C=C1N(O)c2cc(-c3ccc(-c4ccc(N(c5ccccc5)c5ccccc5)cc4)s3)ccc2C1(C)C. The van der Waals surface area contributed by atoms with Crippen molar-refractivity contribution in [3.05, 3.63) is 133 Å². The first-order chi connectivity index (χ1) is 17.9. The van der Waals surface area contributed by atoms with Crippen LogP contribution in [0.5, 0.6) is 0 Å². The molecular formula is C33H28N2OS. The summed E-state index contributed by atoms with van der Waals surface area (Å²) in [6, 6.07) is 40.3. The normalized spacial score (nSPS) is 14.0. The average Bonchev–Trinajstić information content (AvgIpc) is 3.49. The van der Waals surface area contributed by atoms with Crippen molar-refractivity contribution >= 4 is 34.1 Å². The minimum atomic E-state index is -0.279. The van der Waals surface area contributed by atoms with E-state index in [-0.39, 0.29) is 5.41 Å². The number of hydrogen-bond acceptors (Lipinski definition) is 4. The number of anilines is 4. The average molecular weight is 501 g/mol. The number of nitrogens with zero attached hydrogens (tertiary/aromatic N) is 2. The third kappa shape index (κ3) is 4.05. The molecule has 3 nitrogen and oxygen atoms in total. The van der Waals surface area contributed by atoms with Gasteiger partial charge in [-0.2, -0.15) is 0 Å². The number of fused-ring (bicyclic) bond motifs is 1. The molecule has 0 bridgehead atoms. The molecular weight excluding hydrogens is 472 g/mol. The predicted molar refractivity (Wildman–Crippen MR) is 156 cm³/mol. The van der Waals surface area contributed by atoms with Gasteiger partial charge in [-0.25, -0.2) is 5.06 Å². The summed E-state index contributed by atoms with van der Waals surface area (Å²) < 4.78 is 0. The highest BCUT2D eigenvalue weighted by Gasteiger charge is 2.38. The number of hydrogen-bond donors (Lipinski definition) is 1. The zero-order valence-corrected chi connectivity index (χ0v) is 21.7. The van der Waals surface area contributed by atoms with Gasteiger partial charge in [-0.1, -0.05) is 81.1 Å². The largest absolute Gasteiger partial charge is 0.311 e. The molecule has 0 aliphatic carbocycles. The number of rotatable bonds is 5. The summed E-state index contributed by atoms with van der Waals surface area (Å²) in [5, 5.41) is 11.8. The molecule has 1 aliphatic rings. The third-order valence-corrected chi connectivity index (χ3v) is 8.39. The number of hydroxylamine groups is 1. The van der Waals surface area contributed by atoms with Gasteiger partial charge in [0.1, 0.15) is 0 Å². The van der Waals surface area contributed by atoms with Gasteiger partial charge < -0.3 is 4.90 Å². The van der Waals surface area contributed by atoms with E-state index in [4.69, 9.17) is 0 Å². The van der Waals surface area contributed by atoms with Gasteiger partial charge in [-0.15, -0.1) is 11.3 Å². The van der Waals surface area contributed by atoms with Gasteiger partial charge in [0.05, 0.1) is 5.69 Å². The Morgan fingerprint density at radius 3 is 1.78 bits per heavy atom. The van der Waals surface area contributed by atoms with E-state index in [1.807, 2.05) is 12.1 Å². The minimum absolute atomic E-state index is 0.279. The maximum Gasteiger partial charge on any atom is 0.0737 e. The molecule has 6 rings (SSSR count). The molecule has 2 heterocycles. The van der Waals surface area contributed by atoms with Crippen molar-refractivity contribution < 1.29 is 5.21 Å². The Kier molecular flexibility index (Phi) is 5.71. The number of allylic oxidation sites excluding steroid dienone is 1.